The Labute approximate surface area is 129 Å². The largest absolute Gasteiger partial charge is 0.480 e. The van der Waals surface area contributed by atoms with E-state index in [0.29, 0.717) is 24.1 Å². The second-order valence-electron chi connectivity index (χ2n) is 5.60. The Morgan fingerprint density at radius 1 is 1.43 bits per heavy atom. The monoisotopic (exact) mass is 312 g/mol. The lowest BCUT2D eigenvalue weighted by molar-refractivity contribution is -0.144. The fourth-order valence-electron chi connectivity index (χ4n) is 1.99. The van der Waals surface area contributed by atoms with Crippen molar-refractivity contribution in [3.8, 4) is 0 Å². The highest BCUT2D eigenvalue weighted by Crippen LogP contribution is 2.19. The number of carbonyl (C=O) groups is 2. The van der Waals surface area contributed by atoms with Crippen molar-refractivity contribution >= 4 is 23.5 Å². The van der Waals surface area contributed by atoms with Crippen LogP contribution in [0.25, 0.3) is 0 Å². The van der Waals surface area contributed by atoms with Crippen LogP contribution in [0.4, 0.5) is 0 Å². The molecule has 0 spiro atoms. The maximum atomic E-state index is 12.3. The predicted octanol–water partition coefficient (Wildman–Crippen LogP) is 3.23. The van der Waals surface area contributed by atoms with E-state index in [9.17, 15) is 14.7 Å². The van der Waals surface area contributed by atoms with Crippen LogP contribution in [0.2, 0.25) is 5.15 Å². The Morgan fingerprint density at radius 3 is 2.52 bits per heavy atom. The number of nitrogens with zero attached hydrogens (tertiary/aromatic N) is 1. The van der Waals surface area contributed by atoms with Crippen molar-refractivity contribution in [2.45, 2.75) is 52.0 Å². The molecule has 1 rings (SSSR count). The van der Waals surface area contributed by atoms with Gasteiger partial charge in [-0.2, -0.15) is 0 Å². The normalized spacial score (nSPS) is 13.8. The molecule has 2 N–H and O–H groups in total. The quantitative estimate of drug-likeness (QED) is 0.790. The number of halogens is 1. The third-order valence-electron chi connectivity index (χ3n) is 3.28. The van der Waals surface area contributed by atoms with Crippen molar-refractivity contribution < 1.29 is 14.7 Å². The minimum atomic E-state index is -1.29. The Kier molecular flexibility index (Phi) is 5.72. The molecule has 0 aromatic carbocycles. The summed E-state index contributed by atoms with van der Waals surface area (Å²) in [6.45, 7) is 7.26. The van der Waals surface area contributed by atoms with Gasteiger partial charge in [-0.15, -0.1) is 0 Å². The molecule has 0 fully saturated rings. The van der Waals surface area contributed by atoms with Crippen LogP contribution in [-0.2, 0) is 4.79 Å². The first-order chi connectivity index (χ1) is 9.69. The van der Waals surface area contributed by atoms with Gasteiger partial charge in [0.25, 0.3) is 5.91 Å². The molecule has 1 heterocycles. The van der Waals surface area contributed by atoms with E-state index in [1.807, 2.05) is 20.8 Å². The summed E-state index contributed by atoms with van der Waals surface area (Å²) < 4.78 is 0. The minimum Gasteiger partial charge on any atom is -0.480 e. The maximum absolute atomic E-state index is 12.3. The van der Waals surface area contributed by atoms with E-state index in [0.717, 1.165) is 0 Å². The molecule has 0 saturated carbocycles. The molecule has 1 aromatic rings. The fourth-order valence-corrected chi connectivity index (χ4v) is 2.20. The van der Waals surface area contributed by atoms with E-state index in [-0.39, 0.29) is 11.1 Å². The molecule has 0 bridgehead atoms. The van der Waals surface area contributed by atoms with Gasteiger partial charge in [0, 0.05) is 11.3 Å². The molecule has 0 aliphatic heterocycles. The summed E-state index contributed by atoms with van der Waals surface area (Å²) in [5.74, 6) is -1.39. The van der Waals surface area contributed by atoms with E-state index in [1.165, 1.54) is 13.0 Å². The second-order valence-corrected chi connectivity index (χ2v) is 5.99. The van der Waals surface area contributed by atoms with Crippen LogP contribution < -0.4 is 5.32 Å². The van der Waals surface area contributed by atoms with Crippen molar-refractivity contribution in [1.82, 2.24) is 10.3 Å². The first kappa shape index (κ1) is 17.4. The van der Waals surface area contributed by atoms with Gasteiger partial charge in [0.2, 0.25) is 0 Å². The van der Waals surface area contributed by atoms with Crippen LogP contribution in [-0.4, -0.2) is 27.5 Å². The number of nitrogens with one attached hydrogen (secondary N) is 1. The summed E-state index contributed by atoms with van der Waals surface area (Å²) in [6.07, 6.45) is 1.00. The van der Waals surface area contributed by atoms with E-state index >= 15 is 0 Å². The molecule has 1 unspecified atom stereocenters. The third-order valence-corrected chi connectivity index (χ3v) is 3.47. The highest BCUT2D eigenvalue weighted by molar-refractivity contribution is 6.29. The lowest BCUT2D eigenvalue weighted by atomic mass is 9.95. The molecule has 0 aliphatic rings. The number of pyridine rings is 1. The summed E-state index contributed by atoms with van der Waals surface area (Å²) in [4.78, 5) is 27.8. The van der Waals surface area contributed by atoms with Gasteiger partial charge in [-0.1, -0.05) is 38.8 Å². The Hall–Kier alpha value is -1.62. The Morgan fingerprint density at radius 2 is 2.05 bits per heavy atom. The topological polar surface area (TPSA) is 79.3 Å². The van der Waals surface area contributed by atoms with Gasteiger partial charge in [0.05, 0.1) is 0 Å². The molecular weight excluding hydrogens is 292 g/mol. The van der Waals surface area contributed by atoms with Crippen LogP contribution in [0.1, 0.15) is 62.5 Å². The molecule has 6 heteroatoms. The Bertz CT molecular complexity index is 546. The van der Waals surface area contributed by atoms with Gasteiger partial charge < -0.3 is 10.4 Å². The summed E-state index contributed by atoms with van der Waals surface area (Å²) in [6, 6.07) is 3.08. The lowest BCUT2D eigenvalue weighted by Gasteiger charge is -2.26. The molecule has 5 nitrogen and oxygen atoms in total. The zero-order valence-electron chi connectivity index (χ0n) is 12.7. The van der Waals surface area contributed by atoms with Crippen LogP contribution in [0.5, 0.6) is 0 Å². The van der Waals surface area contributed by atoms with Crippen LogP contribution in [0.3, 0.4) is 0 Å². The van der Waals surface area contributed by atoms with Crippen molar-refractivity contribution in [2.24, 2.45) is 0 Å². The van der Waals surface area contributed by atoms with Gasteiger partial charge >= 0.3 is 5.97 Å². The highest BCUT2D eigenvalue weighted by atomic mass is 35.5. The van der Waals surface area contributed by atoms with Gasteiger partial charge in [0.1, 0.15) is 10.7 Å². The number of carbonyl (C=O) groups excluding carboxylic acids is 1. The number of rotatable bonds is 6. The molecule has 1 aromatic heterocycles. The third kappa shape index (κ3) is 4.43. The van der Waals surface area contributed by atoms with E-state index in [1.54, 1.807) is 6.07 Å². The summed E-state index contributed by atoms with van der Waals surface area (Å²) in [5, 5.41) is 12.1. The van der Waals surface area contributed by atoms with Crippen LogP contribution >= 0.6 is 11.6 Å². The zero-order chi connectivity index (χ0) is 16.2. The average Bonchev–Trinajstić information content (AvgIpc) is 2.37. The number of aliphatic carboxylic acids is 1. The average molecular weight is 313 g/mol. The summed E-state index contributed by atoms with van der Waals surface area (Å²) >= 11 is 5.93. The summed E-state index contributed by atoms with van der Waals surface area (Å²) in [7, 11) is 0. The standard InChI is InChI=1S/C15H21ClN2O3/c1-5-6-15(4,14(20)21)18-13(19)10-7-11(9(2)3)17-12(16)8-10/h7-9H,5-6H2,1-4H3,(H,18,19)(H,20,21). The maximum Gasteiger partial charge on any atom is 0.329 e. The first-order valence-electron chi connectivity index (χ1n) is 6.93. The molecule has 21 heavy (non-hydrogen) atoms. The van der Waals surface area contributed by atoms with Crippen molar-refractivity contribution in [3.63, 3.8) is 0 Å². The molecule has 1 amide bonds. The molecule has 116 valence electrons. The smallest absolute Gasteiger partial charge is 0.329 e. The minimum absolute atomic E-state index is 0.122. The number of hydrogen-bond acceptors (Lipinski definition) is 3. The predicted molar refractivity (Wildman–Crippen MR) is 81.8 cm³/mol. The molecule has 1 atom stereocenters. The molecular formula is C15H21ClN2O3. The van der Waals surface area contributed by atoms with Crippen molar-refractivity contribution in [2.75, 3.05) is 0 Å². The molecule has 0 saturated heterocycles. The number of hydrogen-bond donors (Lipinski definition) is 2. The number of carboxylic acids is 1. The van der Waals surface area contributed by atoms with Gasteiger partial charge in [0.15, 0.2) is 0 Å². The second kappa shape index (κ2) is 6.89. The van der Waals surface area contributed by atoms with E-state index in [2.05, 4.69) is 10.3 Å². The van der Waals surface area contributed by atoms with Crippen LogP contribution in [0.15, 0.2) is 12.1 Å². The Balaban J connectivity index is 3.06. The SMILES string of the molecule is CCCC(C)(NC(=O)c1cc(Cl)nc(C(C)C)c1)C(=O)O. The first-order valence-corrected chi connectivity index (χ1v) is 7.30. The molecule has 0 aliphatic carbocycles. The number of amides is 1. The highest BCUT2D eigenvalue weighted by Gasteiger charge is 2.34. The number of carboxylic acid groups (broad SMARTS) is 1. The van der Waals surface area contributed by atoms with Crippen molar-refractivity contribution in [3.05, 3.63) is 28.5 Å². The molecule has 0 radical (unpaired) electrons. The zero-order valence-corrected chi connectivity index (χ0v) is 13.5. The van der Waals surface area contributed by atoms with Gasteiger partial charge in [-0.05, 0) is 31.4 Å². The lowest BCUT2D eigenvalue weighted by Crippen LogP contribution is -2.52. The number of aromatic nitrogens is 1. The van der Waals surface area contributed by atoms with Gasteiger partial charge in [-0.25, -0.2) is 9.78 Å². The fraction of sp³-hybridized carbons (Fsp3) is 0.533. The van der Waals surface area contributed by atoms with Crippen LogP contribution in [0, 0.1) is 0 Å². The van der Waals surface area contributed by atoms with E-state index in [4.69, 9.17) is 11.6 Å². The van der Waals surface area contributed by atoms with E-state index < -0.39 is 17.4 Å². The summed E-state index contributed by atoms with van der Waals surface area (Å²) in [5.41, 5.74) is -0.276. The van der Waals surface area contributed by atoms with Crippen molar-refractivity contribution in [1.29, 1.82) is 0 Å². The van der Waals surface area contributed by atoms with Gasteiger partial charge in [-0.3, -0.25) is 4.79 Å².